The summed E-state index contributed by atoms with van der Waals surface area (Å²) < 4.78 is 0. The molecule has 1 rings (SSSR count). The standard InChI is InChI=1S/C17H21ClN4O3/c1-11(2)9-14(17(25)20-8-7-19)22-15(23)10-21-16(24)12-5-3-4-6-13(12)18/h3-6,11,14H,8-10H2,1-2H3,(H,20,25)(H,21,24)(H,22,23)/t14-/m0/s1. The number of nitriles is 1. The van der Waals surface area contributed by atoms with Gasteiger partial charge in [0.15, 0.2) is 0 Å². The van der Waals surface area contributed by atoms with Crippen LogP contribution < -0.4 is 16.0 Å². The minimum Gasteiger partial charge on any atom is -0.343 e. The lowest BCUT2D eigenvalue weighted by Gasteiger charge is -2.19. The van der Waals surface area contributed by atoms with Gasteiger partial charge in [-0.15, -0.1) is 0 Å². The maximum atomic E-state index is 12.0. The summed E-state index contributed by atoms with van der Waals surface area (Å²) in [6.45, 7) is 3.41. The molecule has 0 saturated carbocycles. The zero-order valence-corrected chi connectivity index (χ0v) is 14.9. The van der Waals surface area contributed by atoms with Crippen molar-refractivity contribution in [1.29, 1.82) is 5.26 Å². The molecule has 0 aliphatic heterocycles. The van der Waals surface area contributed by atoms with Gasteiger partial charge >= 0.3 is 0 Å². The van der Waals surface area contributed by atoms with E-state index in [1.807, 2.05) is 19.9 Å². The van der Waals surface area contributed by atoms with E-state index < -0.39 is 23.8 Å². The van der Waals surface area contributed by atoms with E-state index in [4.69, 9.17) is 16.9 Å². The molecule has 0 fully saturated rings. The number of benzene rings is 1. The predicted octanol–water partition coefficient (Wildman–Crippen LogP) is 1.24. The fraction of sp³-hybridized carbons (Fsp3) is 0.412. The van der Waals surface area contributed by atoms with Crippen LogP contribution in [0.2, 0.25) is 5.02 Å². The number of nitrogens with zero attached hydrogens (tertiary/aromatic N) is 1. The molecule has 0 spiro atoms. The van der Waals surface area contributed by atoms with E-state index in [2.05, 4.69) is 16.0 Å². The smallest absolute Gasteiger partial charge is 0.253 e. The summed E-state index contributed by atoms with van der Waals surface area (Å²) in [5.41, 5.74) is 0.266. The van der Waals surface area contributed by atoms with Gasteiger partial charge in [0.25, 0.3) is 5.91 Å². The zero-order chi connectivity index (χ0) is 18.8. The van der Waals surface area contributed by atoms with E-state index in [0.29, 0.717) is 6.42 Å². The fourth-order valence-electron chi connectivity index (χ4n) is 2.10. The minimum absolute atomic E-state index is 0.132. The second kappa shape index (κ2) is 10.3. The number of carbonyl (C=O) groups is 3. The first-order valence-electron chi connectivity index (χ1n) is 7.82. The molecule has 1 aromatic rings. The van der Waals surface area contributed by atoms with Crippen molar-refractivity contribution in [2.24, 2.45) is 5.92 Å². The van der Waals surface area contributed by atoms with Crippen LogP contribution in [0.4, 0.5) is 0 Å². The molecule has 0 unspecified atom stereocenters. The number of carbonyl (C=O) groups excluding carboxylic acids is 3. The number of hydrogen-bond acceptors (Lipinski definition) is 4. The highest BCUT2D eigenvalue weighted by Gasteiger charge is 2.22. The van der Waals surface area contributed by atoms with Crippen LogP contribution in [0, 0.1) is 17.2 Å². The van der Waals surface area contributed by atoms with Crippen molar-refractivity contribution in [3.8, 4) is 6.07 Å². The molecule has 3 N–H and O–H groups in total. The average Bonchev–Trinajstić information content (AvgIpc) is 2.57. The van der Waals surface area contributed by atoms with Gasteiger partial charge in [0.1, 0.15) is 12.6 Å². The summed E-state index contributed by atoms with van der Waals surface area (Å²) in [6.07, 6.45) is 0.418. The van der Waals surface area contributed by atoms with Crippen molar-refractivity contribution in [2.45, 2.75) is 26.3 Å². The van der Waals surface area contributed by atoms with Crippen LogP contribution in [-0.4, -0.2) is 36.9 Å². The van der Waals surface area contributed by atoms with E-state index in [1.54, 1.807) is 24.3 Å². The summed E-state index contributed by atoms with van der Waals surface area (Å²) >= 11 is 5.93. The van der Waals surface area contributed by atoms with Gasteiger partial charge in [-0.3, -0.25) is 14.4 Å². The average molecular weight is 365 g/mol. The van der Waals surface area contributed by atoms with Crippen molar-refractivity contribution in [1.82, 2.24) is 16.0 Å². The van der Waals surface area contributed by atoms with Gasteiger partial charge in [0.2, 0.25) is 11.8 Å². The third-order valence-corrected chi connectivity index (χ3v) is 3.56. The van der Waals surface area contributed by atoms with Gasteiger partial charge in [-0.1, -0.05) is 37.6 Å². The molecule has 0 aromatic heterocycles. The first-order valence-corrected chi connectivity index (χ1v) is 8.19. The molecule has 134 valence electrons. The molecule has 0 radical (unpaired) electrons. The lowest BCUT2D eigenvalue weighted by Crippen LogP contribution is -2.50. The van der Waals surface area contributed by atoms with Crippen LogP contribution in [0.25, 0.3) is 0 Å². The van der Waals surface area contributed by atoms with Crippen LogP contribution in [0.5, 0.6) is 0 Å². The van der Waals surface area contributed by atoms with Crippen molar-refractivity contribution >= 4 is 29.3 Å². The summed E-state index contributed by atoms with van der Waals surface area (Å²) in [7, 11) is 0. The monoisotopic (exact) mass is 364 g/mol. The van der Waals surface area contributed by atoms with E-state index >= 15 is 0 Å². The van der Waals surface area contributed by atoms with Crippen LogP contribution in [0.15, 0.2) is 24.3 Å². The zero-order valence-electron chi connectivity index (χ0n) is 14.1. The van der Waals surface area contributed by atoms with Crippen molar-refractivity contribution in [3.05, 3.63) is 34.9 Å². The Morgan fingerprint density at radius 3 is 2.48 bits per heavy atom. The lowest BCUT2D eigenvalue weighted by molar-refractivity contribution is -0.128. The highest BCUT2D eigenvalue weighted by atomic mass is 35.5. The van der Waals surface area contributed by atoms with Crippen molar-refractivity contribution in [2.75, 3.05) is 13.1 Å². The van der Waals surface area contributed by atoms with E-state index in [-0.39, 0.29) is 29.6 Å². The first kappa shape index (κ1) is 20.5. The second-order valence-corrected chi connectivity index (χ2v) is 6.20. The Labute approximate surface area is 151 Å². The molecule has 1 aromatic carbocycles. The number of amides is 3. The highest BCUT2D eigenvalue weighted by molar-refractivity contribution is 6.33. The van der Waals surface area contributed by atoms with Gasteiger partial charge in [-0.2, -0.15) is 5.26 Å². The molecule has 3 amide bonds. The van der Waals surface area contributed by atoms with Crippen molar-refractivity contribution in [3.63, 3.8) is 0 Å². The molecule has 8 heteroatoms. The normalized spacial score (nSPS) is 11.3. The molecule has 7 nitrogen and oxygen atoms in total. The van der Waals surface area contributed by atoms with E-state index in [1.165, 1.54) is 0 Å². The maximum Gasteiger partial charge on any atom is 0.253 e. The minimum atomic E-state index is -0.766. The van der Waals surface area contributed by atoms with Gasteiger partial charge < -0.3 is 16.0 Å². The number of hydrogen-bond donors (Lipinski definition) is 3. The molecular weight excluding hydrogens is 344 g/mol. The molecule has 25 heavy (non-hydrogen) atoms. The topological polar surface area (TPSA) is 111 Å². The van der Waals surface area contributed by atoms with Gasteiger partial charge in [-0.25, -0.2) is 0 Å². The van der Waals surface area contributed by atoms with Gasteiger partial charge in [0.05, 0.1) is 23.2 Å². The molecular formula is C17H21ClN4O3. The predicted molar refractivity (Wildman–Crippen MR) is 93.8 cm³/mol. The Morgan fingerprint density at radius 1 is 1.20 bits per heavy atom. The third-order valence-electron chi connectivity index (χ3n) is 3.23. The van der Waals surface area contributed by atoms with Crippen LogP contribution in [0.1, 0.15) is 30.6 Å². The molecule has 0 aliphatic carbocycles. The van der Waals surface area contributed by atoms with E-state index in [9.17, 15) is 14.4 Å². The Bertz CT molecular complexity index is 670. The second-order valence-electron chi connectivity index (χ2n) is 5.79. The van der Waals surface area contributed by atoms with E-state index in [0.717, 1.165) is 0 Å². The lowest BCUT2D eigenvalue weighted by atomic mass is 10.0. The largest absolute Gasteiger partial charge is 0.343 e. The summed E-state index contributed by atoms with van der Waals surface area (Å²) in [6, 6.07) is 7.53. The number of rotatable bonds is 8. The fourth-order valence-corrected chi connectivity index (χ4v) is 2.32. The summed E-state index contributed by atoms with van der Waals surface area (Å²) in [5, 5.41) is 16.3. The van der Waals surface area contributed by atoms with Crippen LogP contribution >= 0.6 is 11.6 Å². The molecule has 0 saturated heterocycles. The number of nitrogens with one attached hydrogen (secondary N) is 3. The Morgan fingerprint density at radius 2 is 1.88 bits per heavy atom. The first-order chi connectivity index (χ1) is 11.8. The summed E-state index contributed by atoms with van der Waals surface area (Å²) in [5.74, 6) is -1.25. The Kier molecular flexibility index (Phi) is 8.44. The molecule has 1 atom stereocenters. The summed E-state index contributed by atoms with van der Waals surface area (Å²) in [4.78, 5) is 36.0. The van der Waals surface area contributed by atoms with Crippen LogP contribution in [-0.2, 0) is 9.59 Å². The van der Waals surface area contributed by atoms with Gasteiger partial charge in [0, 0.05) is 0 Å². The molecule has 0 aliphatic rings. The third kappa shape index (κ3) is 7.23. The number of halogens is 1. The van der Waals surface area contributed by atoms with Gasteiger partial charge in [-0.05, 0) is 24.5 Å². The molecule has 0 heterocycles. The van der Waals surface area contributed by atoms with Crippen LogP contribution in [0.3, 0.4) is 0 Å². The quantitative estimate of drug-likeness (QED) is 0.602. The Balaban J connectivity index is 2.59. The maximum absolute atomic E-state index is 12.0. The SMILES string of the molecule is CC(C)C[C@H](NC(=O)CNC(=O)c1ccccc1Cl)C(=O)NCC#N. The molecule has 0 bridgehead atoms. The Hall–Kier alpha value is -2.59. The van der Waals surface area contributed by atoms with Crippen molar-refractivity contribution < 1.29 is 14.4 Å². The highest BCUT2D eigenvalue weighted by Crippen LogP contribution is 2.14.